The molecule has 8 heteroatoms. The predicted molar refractivity (Wildman–Crippen MR) is 105 cm³/mol. The minimum atomic E-state index is -3.89. The minimum absolute atomic E-state index is 0.00550. The van der Waals surface area contributed by atoms with Crippen LogP contribution >= 0.6 is 0 Å². The van der Waals surface area contributed by atoms with E-state index >= 15 is 0 Å². The third kappa shape index (κ3) is 3.70. The number of aliphatic carboxylic acids is 1. The summed E-state index contributed by atoms with van der Waals surface area (Å²) >= 11 is 0. The van der Waals surface area contributed by atoms with Crippen LogP contribution < -0.4 is 9.04 Å². The fourth-order valence-corrected chi connectivity index (χ4v) is 5.79. The lowest BCUT2D eigenvalue weighted by Crippen LogP contribution is -2.41. The highest BCUT2D eigenvalue weighted by Crippen LogP contribution is 2.39. The van der Waals surface area contributed by atoms with E-state index in [1.807, 2.05) is 12.1 Å². The Bertz CT molecular complexity index is 979. The standard InChI is InChI=1S/C20H23NO6S/c1-13-8-17(26-3)9-14(2)20(13)28(24,25)21-16(11-27-12-19(22)23)10-15-6-4-5-7-18(15)21/h4-9,16H,10-12H2,1-3H3,(H,22,23). The summed E-state index contributed by atoms with van der Waals surface area (Å²) < 4.78 is 39.2. The number of anilines is 1. The van der Waals surface area contributed by atoms with E-state index in [9.17, 15) is 13.2 Å². The number of nitrogens with zero attached hydrogens (tertiary/aromatic N) is 1. The van der Waals surface area contributed by atoms with Crippen molar-refractivity contribution in [2.75, 3.05) is 24.6 Å². The van der Waals surface area contributed by atoms with Crippen molar-refractivity contribution >= 4 is 21.7 Å². The number of benzene rings is 2. The average Bonchev–Trinajstić information content (AvgIpc) is 2.99. The Labute approximate surface area is 164 Å². The molecule has 1 heterocycles. The number of hydrogen-bond donors (Lipinski definition) is 1. The lowest BCUT2D eigenvalue weighted by atomic mass is 10.1. The van der Waals surface area contributed by atoms with E-state index in [1.54, 1.807) is 38.1 Å². The molecule has 0 aromatic heterocycles. The van der Waals surface area contributed by atoms with E-state index in [0.717, 1.165) is 5.56 Å². The molecule has 0 bridgehead atoms. The Kier molecular flexibility index (Phi) is 5.62. The molecule has 1 aliphatic rings. The number of rotatable bonds is 7. The van der Waals surface area contributed by atoms with Gasteiger partial charge in [0.1, 0.15) is 12.4 Å². The van der Waals surface area contributed by atoms with E-state index in [4.69, 9.17) is 14.6 Å². The van der Waals surface area contributed by atoms with E-state index in [1.165, 1.54) is 11.4 Å². The second-order valence-electron chi connectivity index (χ2n) is 6.79. The van der Waals surface area contributed by atoms with Gasteiger partial charge in [-0.3, -0.25) is 4.31 Å². The molecule has 1 aliphatic heterocycles. The van der Waals surface area contributed by atoms with Crippen molar-refractivity contribution in [3.8, 4) is 5.75 Å². The molecule has 28 heavy (non-hydrogen) atoms. The van der Waals surface area contributed by atoms with Crippen LogP contribution in [-0.2, 0) is 26.0 Å². The van der Waals surface area contributed by atoms with E-state index < -0.39 is 28.6 Å². The number of ether oxygens (including phenoxy) is 2. The number of para-hydroxylation sites is 1. The van der Waals surface area contributed by atoms with Crippen molar-refractivity contribution in [3.05, 3.63) is 53.1 Å². The Morgan fingerprint density at radius 3 is 2.46 bits per heavy atom. The first-order valence-corrected chi connectivity index (χ1v) is 10.3. The van der Waals surface area contributed by atoms with Gasteiger partial charge < -0.3 is 14.6 Å². The molecule has 150 valence electrons. The zero-order chi connectivity index (χ0) is 20.5. The lowest BCUT2D eigenvalue weighted by Gasteiger charge is -2.28. The van der Waals surface area contributed by atoms with Gasteiger partial charge in [0.05, 0.1) is 30.3 Å². The molecule has 0 radical (unpaired) electrons. The molecule has 3 rings (SSSR count). The number of carboxylic acids is 1. The van der Waals surface area contributed by atoms with Crippen LogP contribution in [0.2, 0.25) is 0 Å². The maximum absolute atomic E-state index is 13.7. The molecule has 7 nitrogen and oxygen atoms in total. The Hall–Kier alpha value is -2.58. The van der Waals surface area contributed by atoms with Crippen LogP contribution in [0.3, 0.4) is 0 Å². The first-order chi connectivity index (χ1) is 13.3. The van der Waals surface area contributed by atoms with Gasteiger partial charge in [-0.1, -0.05) is 18.2 Å². The highest BCUT2D eigenvalue weighted by molar-refractivity contribution is 7.93. The number of carbonyl (C=O) groups is 1. The second-order valence-corrected chi connectivity index (χ2v) is 8.54. The number of hydrogen-bond acceptors (Lipinski definition) is 5. The summed E-state index contributed by atoms with van der Waals surface area (Å²) in [6.07, 6.45) is 0.462. The largest absolute Gasteiger partial charge is 0.497 e. The topological polar surface area (TPSA) is 93.1 Å². The molecule has 1 N–H and O–H groups in total. The normalized spacial score (nSPS) is 16.1. The molecular formula is C20H23NO6S. The molecule has 0 spiro atoms. The van der Waals surface area contributed by atoms with E-state index in [0.29, 0.717) is 29.0 Å². The molecule has 0 saturated carbocycles. The van der Waals surface area contributed by atoms with Gasteiger partial charge in [-0.25, -0.2) is 13.2 Å². The van der Waals surface area contributed by atoms with Crippen LogP contribution in [0.25, 0.3) is 0 Å². The summed E-state index contributed by atoms with van der Waals surface area (Å²) in [5.74, 6) is -0.496. The summed E-state index contributed by atoms with van der Waals surface area (Å²) in [6.45, 7) is 3.00. The quantitative estimate of drug-likeness (QED) is 0.761. The molecule has 1 unspecified atom stereocenters. The van der Waals surface area contributed by atoms with Crippen molar-refractivity contribution in [1.29, 1.82) is 0 Å². The van der Waals surface area contributed by atoms with Gasteiger partial charge in [-0.15, -0.1) is 0 Å². The molecule has 0 fully saturated rings. The molecule has 2 aromatic rings. The molecular weight excluding hydrogens is 382 g/mol. The highest BCUT2D eigenvalue weighted by atomic mass is 32.2. The van der Waals surface area contributed by atoms with Gasteiger partial charge in [0.2, 0.25) is 0 Å². The van der Waals surface area contributed by atoms with Crippen LogP contribution in [0.1, 0.15) is 16.7 Å². The van der Waals surface area contributed by atoms with Crippen molar-refractivity contribution in [2.24, 2.45) is 0 Å². The molecule has 0 aliphatic carbocycles. The minimum Gasteiger partial charge on any atom is -0.497 e. The van der Waals surface area contributed by atoms with Gasteiger partial charge in [0, 0.05) is 0 Å². The second kappa shape index (κ2) is 7.81. The van der Waals surface area contributed by atoms with Crippen LogP contribution in [0.4, 0.5) is 5.69 Å². The number of aryl methyl sites for hydroxylation is 2. The molecule has 0 amide bonds. The van der Waals surface area contributed by atoms with E-state index in [2.05, 4.69) is 0 Å². The SMILES string of the molecule is COc1cc(C)c(S(=O)(=O)N2c3ccccc3CC2COCC(=O)O)c(C)c1. The van der Waals surface area contributed by atoms with Crippen molar-refractivity contribution < 1.29 is 27.8 Å². The first kappa shape index (κ1) is 20.2. The van der Waals surface area contributed by atoms with E-state index in [-0.39, 0.29) is 11.5 Å². The smallest absolute Gasteiger partial charge is 0.329 e. The zero-order valence-electron chi connectivity index (χ0n) is 16.0. The van der Waals surface area contributed by atoms with Crippen LogP contribution in [0.5, 0.6) is 5.75 Å². The van der Waals surface area contributed by atoms with Crippen LogP contribution in [0.15, 0.2) is 41.3 Å². The van der Waals surface area contributed by atoms with Crippen molar-refractivity contribution in [3.63, 3.8) is 0 Å². The maximum atomic E-state index is 13.7. The summed E-state index contributed by atoms with van der Waals surface area (Å²) in [7, 11) is -2.35. The van der Waals surface area contributed by atoms with Crippen LogP contribution in [0, 0.1) is 13.8 Å². The van der Waals surface area contributed by atoms with Gasteiger partial charge in [0.25, 0.3) is 10.0 Å². The predicted octanol–water partition coefficient (Wildman–Crippen LogP) is 2.53. The molecule has 1 atom stereocenters. The van der Waals surface area contributed by atoms with Crippen molar-refractivity contribution in [2.45, 2.75) is 31.2 Å². The van der Waals surface area contributed by atoms with Crippen LogP contribution in [-0.4, -0.2) is 45.9 Å². The van der Waals surface area contributed by atoms with Gasteiger partial charge >= 0.3 is 5.97 Å². The van der Waals surface area contributed by atoms with Crippen molar-refractivity contribution in [1.82, 2.24) is 0 Å². The molecule has 0 saturated heterocycles. The van der Waals surface area contributed by atoms with Gasteiger partial charge in [-0.05, 0) is 55.2 Å². The fraction of sp³-hybridized carbons (Fsp3) is 0.350. The zero-order valence-corrected chi connectivity index (χ0v) is 16.8. The number of methoxy groups -OCH3 is 1. The summed E-state index contributed by atoms with van der Waals surface area (Å²) in [6, 6.07) is 10.2. The van der Waals surface area contributed by atoms with Gasteiger partial charge in [-0.2, -0.15) is 0 Å². The number of sulfonamides is 1. The third-order valence-corrected chi connectivity index (χ3v) is 6.91. The summed E-state index contributed by atoms with van der Waals surface area (Å²) in [4.78, 5) is 11.0. The fourth-order valence-electron chi connectivity index (χ4n) is 3.70. The Balaban J connectivity index is 2.05. The molecule has 2 aromatic carbocycles. The summed E-state index contributed by atoms with van der Waals surface area (Å²) in [5.41, 5.74) is 2.66. The number of carboxylic acid groups (broad SMARTS) is 1. The Morgan fingerprint density at radius 1 is 1.21 bits per heavy atom. The maximum Gasteiger partial charge on any atom is 0.329 e. The Morgan fingerprint density at radius 2 is 1.86 bits per heavy atom. The first-order valence-electron chi connectivity index (χ1n) is 8.82. The monoisotopic (exact) mass is 405 g/mol. The average molecular weight is 405 g/mol. The highest BCUT2D eigenvalue weighted by Gasteiger charge is 2.39. The third-order valence-electron chi connectivity index (χ3n) is 4.74. The summed E-state index contributed by atoms with van der Waals surface area (Å²) in [5, 5.41) is 8.82. The lowest BCUT2D eigenvalue weighted by molar-refractivity contribution is -0.142. The number of fused-ring (bicyclic) bond motifs is 1. The van der Waals surface area contributed by atoms with Gasteiger partial charge in [0.15, 0.2) is 0 Å².